The first-order chi connectivity index (χ1) is 7.56. The first kappa shape index (κ1) is 15.7. The molecule has 0 aromatic heterocycles. The van der Waals surface area contributed by atoms with Crippen molar-refractivity contribution in [1.29, 1.82) is 0 Å². The van der Waals surface area contributed by atoms with E-state index in [0.717, 1.165) is 12.3 Å². The van der Waals surface area contributed by atoms with Gasteiger partial charge in [-0.2, -0.15) is 0 Å². The van der Waals surface area contributed by atoms with Gasteiger partial charge in [0.25, 0.3) is 0 Å². The molecule has 0 spiro atoms. The largest absolute Gasteiger partial charge is 0.396 e. The van der Waals surface area contributed by atoms with E-state index in [1.807, 2.05) is 0 Å². The summed E-state index contributed by atoms with van der Waals surface area (Å²) in [4.78, 5) is 0. The average molecular weight is 226 g/mol. The molecule has 1 N–H and O–H groups in total. The number of allylic oxidation sites excluding steroid dienone is 2. The predicted molar refractivity (Wildman–Crippen MR) is 72.5 cm³/mol. The van der Waals surface area contributed by atoms with E-state index in [0.29, 0.717) is 12.5 Å². The summed E-state index contributed by atoms with van der Waals surface area (Å²) in [7, 11) is 0. The molecule has 2 atom stereocenters. The van der Waals surface area contributed by atoms with E-state index in [9.17, 15) is 0 Å². The molecule has 0 rings (SSSR count). The fraction of sp³-hybridized carbons (Fsp3) is 0.867. The molecule has 0 heterocycles. The van der Waals surface area contributed by atoms with E-state index in [1.54, 1.807) is 0 Å². The van der Waals surface area contributed by atoms with Crippen LogP contribution in [0.25, 0.3) is 0 Å². The van der Waals surface area contributed by atoms with Crippen LogP contribution in [0.2, 0.25) is 0 Å². The Bertz CT molecular complexity index is 180. The van der Waals surface area contributed by atoms with Crippen LogP contribution in [0.5, 0.6) is 0 Å². The normalized spacial score (nSPS) is 14.6. The lowest BCUT2D eigenvalue weighted by atomic mass is 9.94. The number of aliphatic hydroxyl groups is 1. The average Bonchev–Trinajstić information content (AvgIpc) is 2.17. The first-order valence-electron chi connectivity index (χ1n) is 6.80. The van der Waals surface area contributed by atoms with Crippen molar-refractivity contribution in [2.45, 2.75) is 66.2 Å². The highest BCUT2D eigenvalue weighted by Crippen LogP contribution is 2.18. The highest BCUT2D eigenvalue weighted by molar-refractivity contribution is 4.92. The van der Waals surface area contributed by atoms with Crippen LogP contribution in [0, 0.1) is 11.8 Å². The van der Waals surface area contributed by atoms with Crippen LogP contribution in [0.3, 0.4) is 0 Å². The van der Waals surface area contributed by atoms with Crippen LogP contribution in [0.15, 0.2) is 11.6 Å². The Labute approximate surface area is 102 Å². The lowest BCUT2D eigenvalue weighted by molar-refractivity contribution is 0.255. The molecule has 0 aromatic rings. The van der Waals surface area contributed by atoms with Crippen molar-refractivity contribution in [3.63, 3.8) is 0 Å². The van der Waals surface area contributed by atoms with Gasteiger partial charge in [0.1, 0.15) is 0 Å². The Morgan fingerprint density at radius 1 is 1.00 bits per heavy atom. The standard InChI is InChI=1S/C15H30O/c1-13(2)7-5-8-14(3)9-6-10-15(4)11-12-16/h7,14-16H,5-6,8-12H2,1-4H3/t14-,15-/m0/s1. The molecular weight excluding hydrogens is 196 g/mol. The third kappa shape index (κ3) is 10.2. The smallest absolute Gasteiger partial charge is 0.0433 e. The quantitative estimate of drug-likeness (QED) is 0.571. The van der Waals surface area contributed by atoms with E-state index in [1.165, 1.54) is 37.7 Å². The molecule has 1 heteroatoms. The van der Waals surface area contributed by atoms with Crippen molar-refractivity contribution in [3.05, 3.63) is 11.6 Å². The molecule has 0 aliphatic carbocycles. The summed E-state index contributed by atoms with van der Waals surface area (Å²) >= 11 is 0. The maximum absolute atomic E-state index is 8.81. The second kappa shape index (κ2) is 9.89. The SMILES string of the molecule is CC(C)=CCC[C@H](C)CCC[C@H](C)CCO. The van der Waals surface area contributed by atoms with Gasteiger partial charge in [0.2, 0.25) is 0 Å². The van der Waals surface area contributed by atoms with E-state index in [2.05, 4.69) is 33.8 Å². The first-order valence-corrected chi connectivity index (χ1v) is 6.80. The van der Waals surface area contributed by atoms with Crippen molar-refractivity contribution in [2.75, 3.05) is 6.61 Å². The summed E-state index contributed by atoms with van der Waals surface area (Å²) in [5.74, 6) is 1.53. The fourth-order valence-corrected chi connectivity index (χ4v) is 1.98. The molecule has 0 bridgehead atoms. The molecule has 0 aromatic carbocycles. The molecule has 0 aliphatic rings. The highest BCUT2D eigenvalue weighted by atomic mass is 16.3. The van der Waals surface area contributed by atoms with Crippen LogP contribution >= 0.6 is 0 Å². The number of hydrogen-bond acceptors (Lipinski definition) is 1. The molecular formula is C15H30O. The monoisotopic (exact) mass is 226 g/mol. The predicted octanol–water partition coefficient (Wildman–Crippen LogP) is 4.56. The van der Waals surface area contributed by atoms with Gasteiger partial charge in [0.15, 0.2) is 0 Å². The van der Waals surface area contributed by atoms with Crippen molar-refractivity contribution in [2.24, 2.45) is 11.8 Å². The zero-order chi connectivity index (χ0) is 12.4. The molecule has 96 valence electrons. The topological polar surface area (TPSA) is 20.2 Å². The van der Waals surface area contributed by atoms with Gasteiger partial charge in [-0.05, 0) is 44.9 Å². The van der Waals surface area contributed by atoms with Crippen molar-refractivity contribution >= 4 is 0 Å². The Balaban J connectivity index is 3.43. The van der Waals surface area contributed by atoms with Gasteiger partial charge in [-0.25, -0.2) is 0 Å². The van der Waals surface area contributed by atoms with E-state index >= 15 is 0 Å². The lowest BCUT2D eigenvalue weighted by Gasteiger charge is -2.13. The van der Waals surface area contributed by atoms with Gasteiger partial charge in [-0.15, -0.1) is 0 Å². The zero-order valence-corrected chi connectivity index (χ0v) is 11.6. The van der Waals surface area contributed by atoms with Crippen LogP contribution < -0.4 is 0 Å². The minimum atomic E-state index is 0.345. The van der Waals surface area contributed by atoms with E-state index < -0.39 is 0 Å². The van der Waals surface area contributed by atoms with E-state index in [4.69, 9.17) is 5.11 Å². The minimum Gasteiger partial charge on any atom is -0.396 e. The van der Waals surface area contributed by atoms with Crippen LogP contribution in [0.4, 0.5) is 0 Å². The molecule has 0 unspecified atom stereocenters. The molecule has 0 saturated carbocycles. The summed E-state index contributed by atoms with van der Waals surface area (Å²) in [6.07, 6.45) is 9.78. The number of rotatable bonds is 9. The molecule has 0 amide bonds. The second-order valence-corrected chi connectivity index (χ2v) is 5.51. The molecule has 1 nitrogen and oxygen atoms in total. The molecule has 16 heavy (non-hydrogen) atoms. The van der Waals surface area contributed by atoms with Crippen LogP contribution in [-0.4, -0.2) is 11.7 Å². The maximum atomic E-state index is 8.81. The van der Waals surface area contributed by atoms with Crippen molar-refractivity contribution in [1.82, 2.24) is 0 Å². The maximum Gasteiger partial charge on any atom is 0.0433 e. The Morgan fingerprint density at radius 3 is 2.06 bits per heavy atom. The highest BCUT2D eigenvalue weighted by Gasteiger charge is 2.04. The van der Waals surface area contributed by atoms with Gasteiger partial charge in [0, 0.05) is 6.61 Å². The van der Waals surface area contributed by atoms with E-state index in [-0.39, 0.29) is 0 Å². The van der Waals surface area contributed by atoms with Gasteiger partial charge in [-0.3, -0.25) is 0 Å². The Morgan fingerprint density at radius 2 is 1.56 bits per heavy atom. The lowest BCUT2D eigenvalue weighted by Crippen LogP contribution is -2.00. The van der Waals surface area contributed by atoms with Gasteiger partial charge < -0.3 is 5.11 Å². The summed E-state index contributed by atoms with van der Waals surface area (Å²) in [6.45, 7) is 9.28. The summed E-state index contributed by atoms with van der Waals surface area (Å²) < 4.78 is 0. The molecule has 0 radical (unpaired) electrons. The molecule has 0 fully saturated rings. The number of hydrogen-bond donors (Lipinski definition) is 1. The van der Waals surface area contributed by atoms with Gasteiger partial charge >= 0.3 is 0 Å². The van der Waals surface area contributed by atoms with Crippen LogP contribution in [0.1, 0.15) is 66.2 Å². The summed E-state index contributed by atoms with van der Waals surface area (Å²) in [6, 6.07) is 0. The summed E-state index contributed by atoms with van der Waals surface area (Å²) in [5, 5.41) is 8.81. The third-order valence-corrected chi connectivity index (χ3v) is 3.23. The van der Waals surface area contributed by atoms with Crippen molar-refractivity contribution in [3.8, 4) is 0 Å². The minimum absolute atomic E-state index is 0.345. The Hall–Kier alpha value is -0.300. The van der Waals surface area contributed by atoms with Crippen LogP contribution in [-0.2, 0) is 0 Å². The Kier molecular flexibility index (Phi) is 9.71. The van der Waals surface area contributed by atoms with Gasteiger partial charge in [-0.1, -0.05) is 44.8 Å². The molecule has 0 saturated heterocycles. The summed E-state index contributed by atoms with van der Waals surface area (Å²) in [5.41, 5.74) is 1.43. The van der Waals surface area contributed by atoms with Gasteiger partial charge in [0.05, 0.1) is 0 Å². The molecule has 0 aliphatic heterocycles. The third-order valence-electron chi connectivity index (χ3n) is 3.23. The van der Waals surface area contributed by atoms with Crippen molar-refractivity contribution < 1.29 is 5.11 Å². The zero-order valence-electron chi connectivity index (χ0n) is 11.6. The second-order valence-electron chi connectivity index (χ2n) is 5.51. The fourth-order valence-electron chi connectivity index (χ4n) is 1.98. The number of aliphatic hydroxyl groups excluding tert-OH is 1.